The highest BCUT2D eigenvalue weighted by atomic mass is 19.3. The lowest BCUT2D eigenvalue weighted by molar-refractivity contribution is -0.120. The standard InChI is InChI=1S/C13H16F2N2O/c1-8-2-3-10(16)11(6-8)17-12(18)9-4-5-13(14,15)7-9/h2-3,6,9H,4-5,7,16H2,1H3,(H,17,18). The molecular weight excluding hydrogens is 238 g/mol. The van der Waals surface area contributed by atoms with E-state index in [1.165, 1.54) is 0 Å². The van der Waals surface area contributed by atoms with Crippen molar-refractivity contribution in [3.8, 4) is 0 Å². The van der Waals surface area contributed by atoms with Crippen LogP contribution in [-0.2, 0) is 4.79 Å². The number of nitrogens with two attached hydrogens (primary N) is 1. The minimum atomic E-state index is -2.71. The molecule has 98 valence electrons. The van der Waals surface area contributed by atoms with Gasteiger partial charge in [-0.05, 0) is 31.0 Å². The predicted octanol–water partition coefficient (Wildman–Crippen LogP) is 2.95. The molecule has 1 saturated carbocycles. The van der Waals surface area contributed by atoms with Gasteiger partial charge in [-0.15, -0.1) is 0 Å². The molecule has 18 heavy (non-hydrogen) atoms. The molecular formula is C13H16F2N2O. The zero-order valence-electron chi connectivity index (χ0n) is 10.2. The Morgan fingerprint density at radius 2 is 2.22 bits per heavy atom. The largest absolute Gasteiger partial charge is 0.397 e. The van der Waals surface area contributed by atoms with Crippen LogP contribution in [0.1, 0.15) is 24.8 Å². The molecule has 3 nitrogen and oxygen atoms in total. The Balaban J connectivity index is 2.06. The van der Waals surface area contributed by atoms with Crippen LogP contribution >= 0.6 is 0 Å². The first-order valence-corrected chi connectivity index (χ1v) is 5.92. The third-order valence-electron chi connectivity index (χ3n) is 3.24. The van der Waals surface area contributed by atoms with E-state index in [1.807, 2.05) is 13.0 Å². The lowest BCUT2D eigenvalue weighted by Crippen LogP contribution is -2.23. The molecule has 1 aromatic carbocycles. The van der Waals surface area contributed by atoms with E-state index in [4.69, 9.17) is 5.73 Å². The average Bonchev–Trinajstić information content (AvgIpc) is 2.64. The number of nitrogen functional groups attached to an aromatic ring is 1. The molecule has 0 aromatic heterocycles. The van der Waals surface area contributed by atoms with Crippen molar-refractivity contribution < 1.29 is 13.6 Å². The summed E-state index contributed by atoms with van der Waals surface area (Å²) in [5, 5.41) is 2.63. The lowest BCUT2D eigenvalue weighted by Gasteiger charge is -2.13. The molecule has 5 heteroatoms. The van der Waals surface area contributed by atoms with Gasteiger partial charge >= 0.3 is 0 Å². The summed E-state index contributed by atoms with van der Waals surface area (Å²) in [6.45, 7) is 1.87. The first-order chi connectivity index (χ1) is 8.37. The zero-order valence-corrected chi connectivity index (χ0v) is 10.2. The molecule has 0 heterocycles. The van der Waals surface area contributed by atoms with Crippen LogP contribution in [0, 0.1) is 12.8 Å². The summed E-state index contributed by atoms with van der Waals surface area (Å²) in [6, 6.07) is 5.25. The van der Waals surface area contributed by atoms with Gasteiger partial charge in [-0.3, -0.25) is 4.79 Å². The fourth-order valence-corrected chi connectivity index (χ4v) is 2.19. The van der Waals surface area contributed by atoms with Crippen LogP contribution in [0.15, 0.2) is 18.2 Å². The molecule has 0 saturated heterocycles. The third kappa shape index (κ3) is 2.78. The van der Waals surface area contributed by atoms with E-state index in [0.29, 0.717) is 11.4 Å². The predicted molar refractivity (Wildman–Crippen MR) is 66.5 cm³/mol. The van der Waals surface area contributed by atoms with Gasteiger partial charge in [0.15, 0.2) is 0 Å². The average molecular weight is 254 g/mol. The summed E-state index contributed by atoms with van der Waals surface area (Å²) in [5.74, 6) is -3.70. The number of halogens is 2. The van der Waals surface area contributed by atoms with Crippen LogP contribution in [0.3, 0.4) is 0 Å². The van der Waals surface area contributed by atoms with Gasteiger partial charge in [0.1, 0.15) is 0 Å². The number of anilines is 2. The second-order valence-electron chi connectivity index (χ2n) is 4.88. The Kier molecular flexibility index (Phi) is 3.24. The maximum absolute atomic E-state index is 13.0. The Morgan fingerprint density at radius 3 is 2.83 bits per heavy atom. The second-order valence-corrected chi connectivity index (χ2v) is 4.88. The molecule has 0 bridgehead atoms. The molecule has 1 aliphatic rings. The summed E-state index contributed by atoms with van der Waals surface area (Å²) < 4.78 is 26.1. The van der Waals surface area contributed by atoms with Gasteiger partial charge in [0, 0.05) is 18.8 Å². The second kappa shape index (κ2) is 4.55. The number of carbonyl (C=O) groups is 1. The number of benzene rings is 1. The SMILES string of the molecule is Cc1ccc(N)c(NC(=O)C2CCC(F)(F)C2)c1. The van der Waals surface area contributed by atoms with E-state index in [1.54, 1.807) is 12.1 Å². The highest BCUT2D eigenvalue weighted by Gasteiger charge is 2.42. The lowest BCUT2D eigenvalue weighted by atomic mass is 10.1. The Hall–Kier alpha value is -1.65. The van der Waals surface area contributed by atoms with Gasteiger partial charge in [0.25, 0.3) is 0 Å². The molecule has 2 rings (SSSR count). The Morgan fingerprint density at radius 1 is 1.50 bits per heavy atom. The molecule has 1 aromatic rings. The van der Waals surface area contributed by atoms with Crippen LogP contribution < -0.4 is 11.1 Å². The molecule has 1 amide bonds. The number of nitrogens with one attached hydrogen (secondary N) is 1. The van der Waals surface area contributed by atoms with Crippen molar-refractivity contribution in [2.45, 2.75) is 32.1 Å². The number of amides is 1. The zero-order chi connectivity index (χ0) is 13.3. The van der Waals surface area contributed by atoms with Crippen LogP contribution in [0.4, 0.5) is 20.2 Å². The number of aryl methyl sites for hydroxylation is 1. The molecule has 3 N–H and O–H groups in total. The van der Waals surface area contributed by atoms with Gasteiger partial charge in [-0.1, -0.05) is 6.07 Å². The maximum atomic E-state index is 13.0. The summed E-state index contributed by atoms with van der Waals surface area (Å²) in [5.41, 5.74) is 7.62. The molecule has 1 fully saturated rings. The smallest absolute Gasteiger partial charge is 0.248 e. The van der Waals surface area contributed by atoms with E-state index < -0.39 is 11.8 Å². The Bertz CT molecular complexity index is 474. The molecule has 1 unspecified atom stereocenters. The van der Waals surface area contributed by atoms with Crippen molar-refractivity contribution in [1.82, 2.24) is 0 Å². The molecule has 1 aliphatic carbocycles. The van der Waals surface area contributed by atoms with Crippen LogP contribution in [0.25, 0.3) is 0 Å². The van der Waals surface area contributed by atoms with Gasteiger partial charge < -0.3 is 11.1 Å². The summed E-state index contributed by atoms with van der Waals surface area (Å²) in [4.78, 5) is 11.9. The normalized spacial score (nSPS) is 21.8. The number of rotatable bonds is 2. The van der Waals surface area contributed by atoms with Crippen molar-refractivity contribution in [2.75, 3.05) is 11.1 Å². The van der Waals surface area contributed by atoms with Crippen molar-refractivity contribution in [2.24, 2.45) is 5.92 Å². The number of hydrogen-bond donors (Lipinski definition) is 2. The van der Waals surface area contributed by atoms with Gasteiger partial charge in [0.2, 0.25) is 11.8 Å². The number of alkyl halides is 2. The van der Waals surface area contributed by atoms with E-state index >= 15 is 0 Å². The summed E-state index contributed by atoms with van der Waals surface area (Å²) in [6.07, 6.45) is -0.358. The topological polar surface area (TPSA) is 55.1 Å². The fraction of sp³-hybridized carbons (Fsp3) is 0.462. The highest BCUT2D eigenvalue weighted by molar-refractivity contribution is 5.95. The first-order valence-electron chi connectivity index (χ1n) is 5.92. The minimum absolute atomic E-state index is 0.214. The highest BCUT2D eigenvalue weighted by Crippen LogP contribution is 2.39. The molecule has 0 aliphatic heterocycles. The molecule has 0 radical (unpaired) electrons. The van der Waals surface area contributed by atoms with Crippen LogP contribution in [0.5, 0.6) is 0 Å². The fourth-order valence-electron chi connectivity index (χ4n) is 2.19. The summed E-state index contributed by atoms with van der Waals surface area (Å²) in [7, 11) is 0. The van der Waals surface area contributed by atoms with Crippen molar-refractivity contribution >= 4 is 17.3 Å². The van der Waals surface area contributed by atoms with Crippen LogP contribution in [-0.4, -0.2) is 11.8 Å². The monoisotopic (exact) mass is 254 g/mol. The quantitative estimate of drug-likeness (QED) is 0.797. The minimum Gasteiger partial charge on any atom is -0.397 e. The van der Waals surface area contributed by atoms with Gasteiger partial charge in [0.05, 0.1) is 11.4 Å². The van der Waals surface area contributed by atoms with Gasteiger partial charge in [-0.2, -0.15) is 0 Å². The summed E-state index contributed by atoms with van der Waals surface area (Å²) >= 11 is 0. The van der Waals surface area contributed by atoms with Crippen molar-refractivity contribution in [3.63, 3.8) is 0 Å². The number of hydrogen-bond acceptors (Lipinski definition) is 2. The number of carbonyl (C=O) groups excluding carboxylic acids is 1. The molecule has 1 atom stereocenters. The Labute approximate surface area is 104 Å². The van der Waals surface area contributed by atoms with Crippen molar-refractivity contribution in [3.05, 3.63) is 23.8 Å². The van der Waals surface area contributed by atoms with E-state index in [0.717, 1.165) is 5.56 Å². The van der Waals surface area contributed by atoms with Crippen molar-refractivity contribution in [1.29, 1.82) is 0 Å². The third-order valence-corrected chi connectivity index (χ3v) is 3.24. The van der Waals surface area contributed by atoms with E-state index in [-0.39, 0.29) is 25.2 Å². The van der Waals surface area contributed by atoms with E-state index in [9.17, 15) is 13.6 Å². The first kappa shape index (κ1) is 12.8. The van der Waals surface area contributed by atoms with Gasteiger partial charge in [-0.25, -0.2) is 8.78 Å². The maximum Gasteiger partial charge on any atom is 0.248 e. The van der Waals surface area contributed by atoms with E-state index in [2.05, 4.69) is 5.32 Å². The molecule has 0 spiro atoms. The van der Waals surface area contributed by atoms with Crippen LogP contribution in [0.2, 0.25) is 0 Å².